The van der Waals surface area contributed by atoms with Crippen LogP contribution in [-0.4, -0.2) is 22.1 Å². The number of unbranched alkanes of at least 4 members (excludes halogenated alkanes) is 1. The van der Waals surface area contributed by atoms with Gasteiger partial charge in [-0.15, -0.1) is 0 Å². The Morgan fingerprint density at radius 1 is 0.957 bits per heavy atom. The normalized spacial score (nSPS) is 11.0. The third kappa shape index (κ3) is 4.89. The summed E-state index contributed by atoms with van der Waals surface area (Å²) >= 11 is 0. The maximum atomic E-state index is 12.3. The Labute approximate surface area is 137 Å². The second-order valence-corrected chi connectivity index (χ2v) is 6.69. The summed E-state index contributed by atoms with van der Waals surface area (Å²) in [6.07, 6.45) is 2.03. The van der Waals surface area contributed by atoms with Gasteiger partial charge in [-0.05, 0) is 55.0 Å². The molecule has 0 heterocycles. The van der Waals surface area contributed by atoms with E-state index in [9.17, 15) is 8.42 Å². The van der Waals surface area contributed by atoms with E-state index in [-0.39, 0.29) is 4.90 Å². The fourth-order valence-electron chi connectivity index (χ4n) is 1.92. The van der Waals surface area contributed by atoms with E-state index < -0.39 is 10.0 Å². The maximum absolute atomic E-state index is 12.3. The molecule has 0 bridgehead atoms. The predicted octanol–water partition coefficient (Wildman–Crippen LogP) is 3.67. The first kappa shape index (κ1) is 17.1. The first-order valence-electron chi connectivity index (χ1n) is 7.45. The van der Waals surface area contributed by atoms with Crippen LogP contribution in [0.15, 0.2) is 53.4 Å². The fourth-order valence-corrected chi connectivity index (χ4v) is 2.98. The molecule has 0 amide bonds. The van der Waals surface area contributed by atoms with Crippen LogP contribution >= 0.6 is 0 Å². The first-order valence-corrected chi connectivity index (χ1v) is 8.93. The van der Waals surface area contributed by atoms with Crippen LogP contribution in [0.4, 0.5) is 5.69 Å². The fraction of sp³-hybridized carbons (Fsp3) is 0.294. The summed E-state index contributed by atoms with van der Waals surface area (Å²) in [5, 5.41) is 0. The third-order valence-corrected chi connectivity index (χ3v) is 4.64. The smallest absolute Gasteiger partial charge is 0.261 e. The Balaban J connectivity index is 2.06. The summed E-state index contributed by atoms with van der Waals surface area (Å²) < 4.78 is 37.8. The van der Waals surface area contributed by atoms with Crippen LogP contribution in [0.25, 0.3) is 0 Å². The van der Waals surface area contributed by atoms with Crippen molar-refractivity contribution in [1.82, 2.24) is 0 Å². The van der Waals surface area contributed by atoms with Gasteiger partial charge in [-0.25, -0.2) is 8.42 Å². The van der Waals surface area contributed by atoms with E-state index >= 15 is 0 Å². The Morgan fingerprint density at radius 3 is 2.13 bits per heavy atom. The largest absolute Gasteiger partial charge is 0.497 e. The number of ether oxygens (including phenoxy) is 2. The van der Waals surface area contributed by atoms with E-state index in [4.69, 9.17) is 9.47 Å². The van der Waals surface area contributed by atoms with Gasteiger partial charge < -0.3 is 9.47 Å². The minimum absolute atomic E-state index is 0.191. The predicted molar refractivity (Wildman–Crippen MR) is 90.6 cm³/mol. The molecule has 6 heteroatoms. The lowest BCUT2D eigenvalue weighted by molar-refractivity contribution is 0.309. The second kappa shape index (κ2) is 7.87. The highest BCUT2D eigenvalue weighted by molar-refractivity contribution is 7.92. The third-order valence-electron chi connectivity index (χ3n) is 3.24. The number of hydrogen-bond donors (Lipinski definition) is 1. The number of hydrogen-bond acceptors (Lipinski definition) is 4. The highest BCUT2D eigenvalue weighted by Gasteiger charge is 2.14. The van der Waals surface area contributed by atoms with Crippen LogP contribution in [0.2, 0.25) is 0 Å². The van der Waals surface area contributed by atoms with Gasteiger partial charge in [0.2, 0.25) is 0 Å². The summed E-state index contributed by atoms with van der Waals surface area (Å²) in [7, 11) is -2.06. The summed E-state index contributed by atoms with van der Waals surface area (Å²) in [4.78, 5) is 0.191. The highest BCUT2D eigenvalue weighted by atomic mass is 32.2. The molecule has 0 unspecified atom stereocenters. The summed E-state index contributed by atoms with van der Waals surface area (Å²) in [5.41, 5.74) is 0.481. The SMILES string of the molecule is CCCCOc1ccc(S(=O)(=O)Nc2ccc(OC)cc2)cc1. The molecule has 2 rings (SSSR count). The summed E-state index contributed by atoms with van der Waals surface area (Å²) in [5.74, 6) is 1.34. The lowest BCUT2D eigenvalue weighted by Gasteiger charge is -2.10. The van der Waals surface area contributed by atoms with Crippen LogP contribution < -0.4 is 14.2 Å². The van der Waals surface area contributed by atoms with Crippen molar-refractivity contribution in [3.8, 4) is 11.5 Å². The van der Waals surface area contributed by atoms with Gasteiger partial charge in [0.05, 0.1) is 18.6 Å². The van der Waals surface area contributed by atoms with Crippen LogP contribution in [0.5, 0.6) is 11.5 Å². The van der Waals surface area contributed by atoms with E-state index in [0.29, 0.717) is 23.8 Å². The molecular weight excluding hydrogens is 314 g/mol. The van der Waals surface area contributed by atoms with Crippen molar-refractivity contribution in [2.75, 3.05) is 18.4 Å². The minimum Gasteiger partial charge on any atom is -0.497 e. The second-order valence-electron chi connectivity index (χ2n) is 5.01. The van der Waals surface area contributed by atoms with E-state index in [2.05, 4.69) is 11.6 Å². The number of benzene rings is 2. The Kier molecular flexibility index (Phi) is 5.87. The van der Waals surface area contributed by atoms with E-state index in [1.807, 2.05) is 0 Å². The van der Waals surface area contributed by atoms with Crippen molar-refractivity contribution < 1.29 is 17.9 Å². The van der Waals surface area contributed by atoms with Gasteiger partial charge in [-0.1, -0.05) is 13.3 Å². The van der Waals surface area contributed by atoms with Crippen LogP contribution in [0, 0.1) is 0 Å². The molecule has 0 aromatic heterocycles. The average Bonchev–Trinajstić information content (AvgIpc) is 2.56. The lowest BCUT2D eigenvalue weighted by Crippen LogP contribution is -2.12. The first-order chi connectivity index (χ1) is 11.0. The van der Waals surface area contributed by atoms with Crippen molar-refractivity contribution in [1.29, 1.82) is 0 Å². The lowest BCUT2D eigenvalue weighted by atomic mass is 10.3. The molecule has 0 atom stereocenters. The number of rotatable bonds is 8. The van der Waals surface area contributed by atoms with Crippen molar-refractivity contribution >= 4 is 15.7 Å². The molecule has 0 spiro atoms. The Bertz CT molecular complexity index is 709. The number of methoxy groups -OCH3 is 1. The molecule has 0 fully saturated rings. The van der Waals surface area contributed by atoms with Gasteiger partial charge in [0, 0.05) is 5.69 Å². The molecule has 0 aliphatic heterocycles. The molecular formula is C17H21NO4S. The van der Waals surface area contributed by atoms with Gasteiger partial charge in [-0.3, -0.25) is 4.72 Å². The van der Waals surface area contributed by atoms with Crippen molar-refractivity contribution in [3.05, 3.63) is 48.5 Å². The van der Waals surface area contributed by atoms with E-state index in [1.165, 1.54) is 12.1 Å². The highest BCUT2D eigenvalue weighted by Crippen LogP contribution is 2.21. The van der Waals surface area contributed by atoms with Crippen LogP contribution in [-0.2, 0) is 10.0 Å². The van der Waals surface area contributed by atoms with Gasteiger partial charge in [-0.2, -0.15) is 0 Å². The molecule has 0 saturated carbocycles. The van der Waals surface area contributed by atoms with Crippen molar-refractivity contribution in [3.63, 3.8) is 0 Å². The summed E-state index contributed by atoms with van der Waals surface area (Å²) in [6.45, 7) is 2.72. The molecule has 0 radical (unpaired) electrons. The quantitative estimate of drug-likeness (QED) is 0.748. The molecule has 2 aromatic rings. The number of anilines is 1. The zero-order chi connectivity index (χ0) is 16.7. The van der Waals surface area contributed by atoms with Gasteiger partial charge in [0.25, 0.3) is 10.0 Å². The van der Waals surface area contributed by atoms with E-state index in [1.54, 1.807) is 43.5 Å². The maximum Gasteiger partial charge on any atom is 0.261 e. The zero-order valence-electron chi connectivity index (χ0n) is 13.3. The number of nitrogens with one attached hydrogen (secondary N) is 1. The molecule has 5 nitrogen and oxygen atoms in total. The zero-order valence-corrected chi connectivity index (χ0v) is 14.1. The molecule has 0 aliphatic carbocycles. The minimum atomic E-state index is -3.62. The van der Waals surface area contributed by atoms with E-state index in [0.717, 1.165) is 12.8 Å². The Hall–Kier alpha value is -2.21. The molecule has 0 saturated heterocycles. The molecule has 2 aromatic carbocycles. The van der Waals surface area contributed by atoms with Gasteiger partial charge in [0.1, 0.15) is 11.5 Å². The Morgan fingerprint density at radius 2 is 1.57 bits per heavy atom. The topological polar surface area (TPSA) is 64.6 Å². The van der Waals surface area contributed by atoms with Crippen molar-refractivity contribution in [2.45, 2.75) is 24.7 Å². The molecule has 23 heavy (non-hydrogen) atoms. The van der Waals surface area contributed by atoms with Crippen LogP contribution in [0.3, 0.4) is 0 Å². The van der Waals surface area contributed by atoms with Gasteiger partial charge in [0.15, 0.2) is 0 Å². The molecule has 0 aliphatic rings. The van der Waals surface area contributed by atoms with Crippen molar-refractivity contribution in [2.24, 2.45) is 0 Å². The number of sulfonamides is 1. The van der Waals surface area contributed by atoms with Gasteiger partial charge >= 0.3 is 0 Å². The standard InChI is InChI=1S/C17H21NO4S/c1-3-4-13-22-16-9-11-17(12-10-16)23(19,20)18-14-5-7-15(21-2)8-6-14/h5-12,18H,3-4,13H2,1-2H3. The van der Waals surface area contributed by atoms with Crippen LogP contribution in [0.1, 0.15) is 19.8 Å². The summed E-state index contributed by atoms with van der Waals surface area (Å²) in [6, 6.07) is 13.1. The average molecular weight is 335 g/mol. The molecule has 124 valence electrons. The monoisotopic (exact) mass is 335 g/mol. The molecule has 1 N–H and O–H groups in total.